The highest BCUT2D eigenvalue weighted by atomic mass is 35.5. The third-order valence-electron chi connectivity index (χ3n) is 2.53. The van der Waals surface area contributed by atoms with Crippen LogP contribution in [0.4, 0.5) is 5.82 Å². The quantitative estimate of drug-likeness (QED) is 0.782. The van der Waals surface area contributed by atoms with Crippen molar-refractivity contribution >= 4 is 23.4 Å². The van der Waals surface area contributed by atoms with Gasteiger partial charge in [0.05, 0.1) is 0 Å². The van der Waals surface area contributed by atoms with Crippen LogP contribution in [0.25, 0.3) is 0 Å². The molecule has 1 aliphatic heterocycles. The summed E-state index contributed by atoms with van der Waals surface area (Å²) >= 11 is 5.77. The number of aromatic nitrogens is 1. The molecular weight excluding hydrogens is 216 g/mol. The van der Waals surface area contributed by atoms with Crippen LogP contribution in [0.5, 0.6) is 0 Å². The number of rotatable bonds is 2. The van der Waals surface area contributed by atoms with Crippen LogP contribution in [0.2, 0.25) is 5.15 Å². The van der Waals surface area contributed by atoms with Crippen LogP contribution in [0.15, 0.2) is 18.2 Å². The Kier molecular flexibility index (Phi) is 2.77. The van der Waals surface area contributed by atoms with Gasteiger partial charge in [0, 0.05) is 6.54 Å². The Balaban J connectivity index is 2.26. The first-order chi connectivity index (χ1) is 7.18. The third kappa shape index (κ3) is 2.04. The maximum Gasteiger partial charge on any atom is 0.326 e. The van der Waals surface area contributed by atoms with Crippen LogP contribution in [0, 0.1) is 0 Å². The first-order valence-corrected chi connectivity index (χ1v) is 5.18. The van der Waals surface area contributed by atoms with E-state index in [4.69, 9.17) is 16.7 Å². The maximum absolute atomic E-state index is 11.0. The van der Waals surface area contributed by atoms with Crippen molar-refractivity contribution in [3.05, 3.63) is 23.4 Å². The molecule has 1 unspecified atom stereocenters. The van der Waals surface area contributed by atoms with Crippen molar-refractivity contribution in [1.82, 2.24) is 4.98 Å². The molecule has 80 valence electrons. The van der Waals surface area contributed by atoms with E-state index in [0.717, 1.165) is 13.0 Å². The molecule has 15 heavy (non-hydrogen) atoms. The molecule has 0 aliphatic carbocycles. The second kappa shape index (κ2) is 4.06. The van der Waals surface area contributed by atoms with E-state index in [1.54, 1.807) is 23.1 Å². The van der Waals surface area contributed by atoms with E-state index >= 15 is 0 Å². The first-order valence-electron chi connectivity index (χ1n) is 4.80. The Morgan fingerprint density at radius 2 is 2.40 bits per heavy atom. The van der Waals surface area contributed by atoms with Crippen LogP contribution in [-0.4, -0.2) is 28.6 Å². The lowest BCUT2D eigenvalue weighted by molar-refractivity contribution is -0.138. The summed E-state index contributed by atoms with van der Waals surface area (Å²) in [6, 6.07) is 4.78. The Labute approximate surface area is 92.5 Å². The van der Waals surface area contributed by atoms with E-state index in [-0.39, 0.29) is 0 Å². The van der Waals surface area contributed by atoms with Gasteiger partial charge < -0.3 is 10.0 Å². The van der Waals surface area contributed by atoms with Gasteiger partial charge in [-0.2, -0.15) is 0 Å². The minimum absolute atomic E-state index is 0.392. The normalized spacial score (nSPS) is 20.6. The fourth-order valence-electron chi connectivity index (χ4n) is 1.86. The minimum Gasteiger partial charge on any atom is -0.480 e. The van der Waals surface area contributed by atoms with Gasteiger partial charge in [-0.15, -0.1) is 0 Å². The van der Waals surface area contributed by atoms with Crippen LogP contribution >= 0.6 is 11.6 Å². The molecule has 1 aromatic heterocycles. The summed E-state index contributed by atoms with van der Waals surface area (Å²) in [5.74, 6) is -0.151. The lowest BCUT2D eigenvalue weighted by atomic mass is 10.2. The van der Waals surface area contributed by atoms with Crippen molar-refractivity contribution in [3.8, 4) is 0 Å². The summed E-state index contributed by atoms with van der Waals surface area (Å²) in [7, 11) is 0. The largest absolute Gasteiger partial charge is 0.480 e. The topological polar surface area (TPSA) is 53.4 Å². The highest BCUT2D eigenvalue weighted by molar-refractivity contribution is 6.29. The van der Waals surface area contributed by atoms with Crippen LogP contribution in [0.3, 0.4) is 0 Å². The molecule has 0 bridgehead atoms. The molecule has 2 heterocycles. The number of aliphatic carboxylic acids is 1. The van der Waals surface area contributed by atoms with E-state index < -0.39 is 12.0 Å². The maximum atomic E-state index is 11.0. The van der Waals surface area contributed by atoms with E-state index in [1.807, 2.05) is 0 Å². The molecule has 4 nitrogen and oxygen atoms in total. The molecule has 0 spiro atoms. The molecule has 0 aromatic carbocycles. The van der Waals surface area contributed by atoms with Crippen molar-refractivity contribution in [3.63, 3.8) is 0 Å². The lowest BCUT2D eigenvalue weighted by Gasteiger charge is -2.22. The molecule has 5 heteroatoms. The van der Waals surface area contributed by atoms with Gasteiger partial charge in [0.15, 0.2) is 0 Å². The van der Waals surface area contributed by atoms with Gasteiger partial charge in [-0.25, -0.2) is 9.78 Å². The zero-order valence-electron chi connectivity index (χ0n) is 8.06. The smallest absolute Gasteiger partial charge is 0.326 e. The van der Waals surface area contributed by atoms with Crippen LogP contribution < -0.4 is 4.90 Å². The Morgan fingerprint density at radius 3 is 3.07 bits per heavy atom. The minimum atomic E-state index is -0.797. The second-order valence-electron chi connectivity index (χ2n) is 3.51. The summed E-state index contributed by atoms with van der Waals surface area (Å²) in [4.78, 5) is 16.9. The molecule has 1 aliphatic rings. The molecule has 0 amide bonds. The number of pyridine rings is 1. The number of hydrogen-bond donors (Lipinski definition) is 1. The van der Waals surface area contributed by atoms with E-state index in [2.05, 4.69) is 4.98 Å². The molecule has 1 fully saturated rings. The van der Waals surface area contributed by atoms with E-state index in [0.29, 0.717) is 17.4 Å². The molecular formula is C10H11ClN2O2. The van der Waals surface area contributed by atoms with Gasteiger partial charge in [0.25, 0.3) is 0 Å². The summed E-state index contributed by atoms with van der Waals surface area (Å²) in [6.07, 6.45) is 1.55. The number of halogens is 1. The Hall–Kier alpha value is -1.29. The van der Waals surface area contributed by atoms with Gasteiger partial charge in [-0.05, 0) is 25.0 Å². The zero-order valence-corrected chi connectivity index (χ0v) is 8.81. The van der Waals surface area contributed by atoms with E-state index in [9.17, 15) is 4.79 Å². The van der Waals surface area contributed by atoms with Crippen LogP contribution in [-0.2, 0) is 4.79 Å². The fourth-order valence-corrected chi connectivity index (χ4v) is 2.01. The predicted octanol–water partition coefficient (Wildman–Crippen LogP) is 1.79. The van der Waals surface area contributed by atoms with Crippen LogP contribution in [0.1, 0.15) is 12.8 Å². The third-order valence-corrected chi connectivity index (χ3v) is 2.74. The van der Waals surface area contributed by atoms with Crippen molar-refractivity contribution in [2.75, 3.05) is 11.4 Å². The SMILES string of the molecule is O=C(O)C1CCCN1c1cccc(Cl)n1. The van der Waals surface area contributed by atoms with Gasteiger partial charge in [0.2, 0.25) is 0 Å². The van der Waals surface area contributed by atoms with Crippen molar-refractivity contribution in [1.29, 1.82) is 0 Å². The van der Waals surface area contributed by atoms with Crippen molar-refractivity contribution < 1.29 is 9.90 Å². The molecule has 1 saturated heterocycles. The number of nitrogens with zero attached hydrogens (tertiary/aromatic N) is 2. The van der Waals surface area contributed by atoms with Gasteiger partial charge in [0.1, 0.15) is 17.0 Å². The summed E-state index contributed by atoms with van der Waals surface area (Å²) < 4.78 is 0. The van der Waals surface area contributed by atoms with Gasteiger partial charge >= 0.3 is 5.97 Å². The number of hydrogen-bond acceptors (Lipinski definition) is 3. The highest BCUT2D eigenvalue weighted by Gasteiger charge is 2.31. The standard InChI is InChI=1S/C10H11ClN2O2/c11-8-4-1-5-9(12-8)13-6-2-3-7(13)10(14)15/h1,4-5,7H,2-3,6H2,(H,14,15). The van der Waals surface area contributed by atoms with Gasteiger partial charge in [-0.3, -0.25) is 0 Å². The van der Waals surface area contributed by atoms with Gasteiger partial charge in [-0.1, -0.05) is 17.7 Å². The van der Waals surface area contributed by atoms with Crippen molar-refractivity contribution in [2.24, 2.45) is 0 Å². The molecule has 0 saturated carbocycles. The molecule has 0 radical (unpaired) electrons. The number of anilines is 1. The Bertz CT molecular complexity index is 383. The molecule has 1 aromatic rings. The summed E-state index contributed by atoms with van der Waals surface area (Å²) in [5.41, 5.74) is 0. The molecule has 1 N–H and O–H groups in total. The number of carboxylic acids is 1. The second-order valence-corrected chi connectivity index (χ2v) is 3.90. The summed E-state index contributed by atoms with van der Waals surface area (Å²) in [6.45, 7) is 0.726. The molecule has 1 atom stereocenters. The zero-order chi connectivity index (χ0) is 10.8. The number of carboxylic acid groups (broad SMARTS) is 1. The average Bonchev–Trinajstić information content (AvgIpc) is 2.65. The first kappa shape index (κ1) is 10.2. The predicted molar refractivity (Wildman–Crippen MR) is 57.3 cm³/mol. The monoisotopic (exact) mass is 226 g/mol. The fraction of sp³-hybridized carbons (Fsp3) is 0.400. The summed E-state index contributed by atoms with van der Waals surface area (Å²) in [5, 5.41) is 9.40. The Morgan fingerprint density at radius 1 is 1.60 bits per heavy atom. The number of carbonyl (C=O) groups is 1. The molecule has 2 rings (SSSR count). The highest BCUT2D eigenvalue weighted by Crippen LogP contribution is 2.24. The van der Waals surface area contributed by atoms with E-state index in [1.165, 1.54) is 0 Å². The van der Waals surface area contributed by atoms with Crippen molar-refractivity contribution in [2.45, 2.75) is 18.9 Å². The average molecular weight is 227 g/mol. The lowest BCUT2D eigenvalue weighted by Crippen LogP contribution is -2.36.